The van der Waals surface area contributed by atoms with Gasteiger partial charge in [-0.3, -0.25) is 10.1 Å². The molecule has 0 spiro atoms. The molecular weight excluding hydrogens is 270 g/mol. The summed E-state index contributed by atoms with van der Waals surface area (Å²) in [5.41, 5.74) is 2.11. The van der Waals surface area contributed by atoms with E-state index < -0.39 is 4.92 Å². The largest absolute Gasteiger partial charge is 0.497 e. The zero-order valence-electron chi connectivity index (χ0n) is 11.4. The van der Waals surface area contributed by atoms with Gasteiger partial charge in [-0.25, -0.2) is 0 Å². The smallest absolute Gasteiger partial charge is 0.269 e. The predicted molar refractivity (Wildman–Crippen MR) is 78.1 cm³/mol. The Balaban J connectivity index is 2.12. The molecule has 2 rings (SSSR count). The first-order valence-corrected chi connectivity index (χ1v) is 6.19. The van der Waals surface area contributed by atoms with Gasteiger partial charge in [0.15, 0.2) is 0 Å². The maximum atomic E-state index is 10.6. The minimum atomic E-state index is -0.437. The van der Waals surface area contributed by atoms with Crippen molar-refractivity contribution in [1.29, 1.82) is 5.26 Å². The van der Waals surface area contributed by atoms with Gasteiger partial charge < -0.3 is 10.1 Å². The summed E-state index contributed by atoms with van der Waals surface area (Å²) in [6.45, 7) is 0.458. The molecule has 21 heavy (non-hydrogen) atoms. The molecule has 0 aliphatic carbocycles. The van der Waals surface area contributed by atoms with Crippen molar-refractivity contribution < 1.29 is 9.66 Å². The first-order chi connectivity index (χ1) is 10.1. The van der Waals surface area contributed by atoms with Crippen molar-refractivity contribution in [3.8, 4) is 11.8 Å². The molecule has 6 heteroatoms. The number of non-ortho nitro benzene ring substituents is 1. The third kappa shape index (κ3) is 3.48. The molecule has 0 aliphatic rings. The van der Waals surface area contributed by atoms with Crippen molar-refractivity contribution in [2.45, 2.75) is 6.54 Å². The van der Waals surface area contributed by atoms with Gasteiger partial charge >= 0.3 is 0 Å². The number of nitrogens with one attached hydrogen (secondary N) is 1. The van der Waals surface area contributed by atoms with Crippen LogP contribution in [0.3, 0.4) is 0 Å². The summed E-state index contributed by atoms with van der Waals surface area (Å²) in [5.74, 6) is 0.653. The molecule has 0 heterocycles. The van der Waals surface area contributed by atoms with Crippen molar-refractivity contribution in [3.63, 3.8) is 0 Å². The molecule has 0 saturated heterocycles. The van der Waals surface area contributed by atoms with E-state index in [1.54, 1.807) is 37.4 Å². The van der Waals surface area contributed by atoms with Gasteiger partial charge in [0.1, 0.15) is 11.8 Å². The number of benzene rings is 2. The van der Waals surface area contributed by atoms with E-state index in [0.717, 1.165) is 5.56 Å². The summed E-state index contributed by atoms with van der Waals surface area (Å²) in [4.78, 5) is 10.1. The summed E-state index contributed by atoms with van der Waals surface area (Å²) >= 11 is 0. The molecule has 2 aromatic carbocycles. The highest BCUT2D eigenvalue weighted by molar-refractivity contribution is 5.60. The van der Waals surface area contributed by atoms with Crippen LogP contribution in [-0.4, -0.2) is 12.0 Å². The zero-order chi connectivity index (χ0) is 15.2. The standard InChI is InChI=1S/C15H13N3O3/c1-21-14-7-4-12(9-16)15(8-14)17-10-11-2-5-13(6-3-11)18(19)20/h2-8,17H,10H2,1H3. The van der Waals surface area contributed by atoms with Crippen LogP contribution in [0.15, 0.2) is 42.5 Å². The van der Waals surface area contributed by atoms with Crippen LogP contribution in [0.2, 0.25) is 0 Å². The molecule has 0 saturated carbocycles. The van der Waals surface area contributed by atoms with Crippen LogP contribution in [0.25, 0.3) is 0 Å². The van der Waals surface area contributed by atoms with Crippen molar-refractivity contribution in [2.24, 2.45) is 0 Å². The number of methoxy groups -OCH3 is 1. The molecule has 2 aromatic rings. The number of rotatable bonds is 5. The lowest BCUT2D eigenvalue weighted by molar-refractivity contribution is -0.384. The fourth-order valence-corrected chi connectivity index (χ4v) is 1.83. The number of nitro groups is 1. The molecule has 6 nitrogen and oxygen atoms in total. The van der Waals surface area contributed by atoms with E-state index in [0.29, 0.717) is 23.5 Å². The van der Waals surface area contributed by atoms with Crippen LogP contribution < -0.4 is 10.1 Å². The monoisotopic (exact) mass is 283 g/mol. The molecule has 1 N–H and O–H groups in total. The minimum absolute atomic E-state index is 0.0536. The lowest BCUT2D eigenvalue weighted by atomic mass is 10.1. The lowest BCUT2D eigenvalue weighted by Gasteiger charge is -2.10. The molecule has 0 fully saturated rings. The van der Waals surface area contributed by atoms with Crippen LogP contribution in [0.4, 0.5) is 11.4 Å². The Morgan fingerprint density at radius 2 is 2.00 bits per heavy atom. The summed E-state index contributed by atoms with van der Waals surface area (Å²) in [5, 5.41) is 22.8. The van der Waals surface area contributed by atoms with E-state index in [4.69, 9.17) is 10.00 Å². The molecule has 0 bridgehead atoms. The van der Waals surface area contributed by atoms with Gasteiger partial charge in [-0.15, -0.1) is 0 Å². The summed E-state index contributed by atoms with van der Waals surface area (Å²) in [6.07, 6.45) is 0. The Bertz CT molecular complexity index is 690. The minimum Gasteiger partial charge on any atom is -0.497 e. The van der Waals surface area contributed by atoms with Crippen LogP contribution in [-0.2, 0) is 6.54 Å². The number of ether oxygens (including phenoxy) is 1. The molecule has 0 atom stereocenters. The molecule has 0 unspecified atom stereocenters. The third-order valence-electron chi connectivity index (χ3n) is 2.98. The van der Waals surface area contributed by atoms with Crippen molar-refractivity contribution in [2.75, 3.05) is 12.4 Å². The number of hydrogen-bond donors (Lipinski definition) is 1. The Labute approximate surface area is 121 Å². The van der Waals surface area contributed by atoms with E-state index in [-0.39, 0.29) is 5.69 Å². The van der Waals surface area contributed by atoms with Crippen molar-refractivity contribution >= 4 is 11.4 Å². The second-order valence-electron chi connectivity index (χ2n) is 4.30. The molecule has 0 aliphatic heterocycles. The summed E-state index contributed by atoms with van der Waals surface area (Å²) < 4.78 is 5.12. The first kappa shape index (κ1) is 14.3. The van der Waals surface area contributed by atoms with E-state index in [2.05, 4.69) is 11.4 Å². The highest BCUT2D eigenvalue weighted by Crippen LogP contribution is 2.22. The normalized spacial score (nSPS) is 9.71. The lowest BCUT2D eigenvalue weighted by Crippen LogP contribution is -2.02. The Morgan fingerprint density at radius 3 is 2.57 bits per heavy atom. The number of nitrogens with zero attached hydrogens (tertiary/aromatic N) is 2. The Kier molecular flexibility index (Phi) is 4.36. The third-order valence-corrected chi connectivity index (χ3v) is 2.98. The van der Waals surface area contributed by atoms with Crippen LogP contribution in [0.5, 0.6) is 5.75 Å². The number of anilines is 1. The SMILES string of the molecule is COc1ccc(C#N)c(NCc2ccc([N+](=O)[O-])cc2)c1. The second kappa shape index (κ2) is 6.39. The van der Waals surface area contributed by atoms with Gasteiger partial charge in [-0.05, 0) is 17.7 Å². The quantitative estimate of drug-likeness (QED) is 0.673. The van der Waals surface area contributed by atoms with E-state index >= 15 is 0 Å². The molecule has 106 valence electrons. The van der Waals surface area contributed by atoms with E-state index in [1.165, 1.54) is 12.1 Å². The van der Waals surface area contributed by atoms with Gasteiger partial charge in [-0.1, -0.05) is 12.1 Å². The van der Waals surface area contributed by atoms with Gasteiger partial charge in [-0.2, -0.15) is 5.26 Å². The van der Waals surface area contributed by atoms with Crippen molar-refractivity contribution in [3.05, 3.63) is 63.7 Å². The summed E-state index contributed by atoms with van der Waals surface area (Å²) in [6, 6.07) is 13.5. The molecular formula is C15H13N3O3. The fraction of sp³-hybridized carbons (Fsp3) is 0.133. The molecule has 0 amide bonds. The number of hydrogen-bond acceptors (Lipinski definition) is 5. The number of nitro benzene ring substituents is 1. The Hall–Kier alpha value is -3.07. The van der Waals surface area contributed by atoms with E-state index in [1.807, 2.05) is 0 Å². The highest BCUT2D eigenvalue weighted by Gasteiger charge is 2.06. The summed E-state index contributed by atoms with van der Waals surface area (Å²) in [7, 11) is 1.56. The van der Waals surface area contributed by atoms with E-state index in [9.17, 15) is 10.1 Å². The average Bonchev–Trinajstić information content (AvgIpc) is 2.52. The average molecular weight is 283 g/mol. The van der Waals surface area contributed by atoms with Crippen LogP contribution in [0.1, 0.15) is 11.1 Å². The van der Waals surface area contributed by atoms with Gasteiger partial charge in [0.2, 0.25) is 0 Å². The molecule has 0 radical (unpaired) electrons. The topological polar surface area (TPSA) is 88.2 Å². The van der Waals surface area contributed by atoms with Gasteiger partial charge in [0.05, 0.1) is 23.3 Å². The van der Waals surface area contributed by atoms with Crippen LogP contribution in [0, 0.1) is 21.4 Å². The Morgan fingerprint density at radius 1 is 1.29 bits per heavy atom. The zero-order valence-corrected chi connectivity index (χ0v) is 11.4. The van der Waals surface area contributed by atoms with Crippen molar-refractivity contribution in [1.82, 2.24) is 0 Å². The predicted octanol–water partition coefficient (Wildman–Crippen LogP) is 3.09. The second-order valence-corrected chi connectivity index (χ2v) is 4.30. The first-order valence-electron chi connectivity index (χ1n) is 6.19. The maximum absolute atomic E-state index is 10.6. The van der Waals surface area contributed by atoms with Gasteiger partial charge in [0.25, 0.3) is 5.69 Å². The van der Waals surface area contributed by atoms with Crippen LogP contribution >= 0.6 is 0 Å². The maximum Gasteiger partial charge on any atom is 0.269 e. The molecule has 0 aromatic heterocycles. The fourth-order valence-electron chi connectivity index (χ4n) is 1.83. The highest BCUT2D eigenvalue weighted by atomic mass is 16.6. The van der Waals surface area contributed by atoms with Gasteiger partial charge in [0, 0.05) is 24.7 Å². The number of nitriles is 1.